The second-order valence-corrected chi connectivity index (χ2v) is 11.0. The summed E-state index contributed by atoms with van der Waals surface area (Å²) in [5.41, 5.74) is 1.53. The maximum absolute atomic E-state index is 13.0. The van der Waals surface area contributed by atoms with Crippen LogP contribution in [0.25, 0.3) is 11.0 Å². The van der Waals surface area contributed by atoms with Crippen molar-refractivity contribution in [2.45, 2.75) is 4.21 Å². The van der Waals surface area contributed by atoms with Crippen molar-refractivity contribution in [1.29, 1.82) is 0 Å². The Hall–Kier alpha value is -3.65. The third-order valence-electron chi connectivity index (χ3n) is 5.50. The minimum atomic E-state index is -3.90. The molecule has 0 aliphatic carbocycles. The van der Waals surface area contributed by atoms with Crippen molar-refractivity contribution >= 4 is 49.7 Å². The Balaban J connectivity index is 1.75. The van der Waals surface area contributed by atoms with Crippen LogP contribution in [0.2, 0.25) is 0 Å². The molecule has 0 aliphatic heterocycles. The number of hydrogen-bond acceptors (Lipinski definition) is 11. The van der Waals surface area contributed by atoms with Crippen LogP contribution in [0.3, 0.4) is 0 Å². The number of methoxy groups -OCH3 is 2. The summed E-state index contributed by atoms with van der Waals surface area (Å²) >= 11 is 1.10. The van der Waals surface area contributed by atoms with Gasteiger partial charge in [-0.1, -0.05) is 18.2 Å². The second kappa shape index (κ2) is 12.3. The molecule has 0 amide bonds. The number of aliphatic hydroxyl groups excluding tert-OH is 1. The number of nitrogens with one attached hydrogen (secondary N) is 2. The van der Waals surface area contributed by atoms with Gasteiger partial charge in [-0.25, -0.2) is 18.4 Å². The highest BCUT2D eigenvalue weighted by molar-refractivity contribution is 7.94. The zero-order valence-electron chi connectivity index (χ0n) is 21.2. The standard InChI is InChI=1S/C25H29N5O6S2/c1-30(10-12-31)11-13-36-23-20(15-17(34-2)16-21(23)35-3)28-24-25(27-19-8-5-4-7-18(19)26-24)29-38(32,33)22-9-6-14-37-22/h4-9,14-16,31H,10-13H2,1-3H3,(H,26,28)(H,27,29). The molecule has 0 spiro atoms. The van der Waals surface area contributed by atoms with Crippen LogP contribution in [0.1, 0.15) is 0 Å². The highest BCUT2D eigenvalue weighted by Crippen LogP contribution is 2.42. The molecule has 2 aromatic carbocycles. The Morgan fingerprint density at radius 3 is 2.37 bits per heavy atom. The van der Waals surface area contributed by atoms with Gasteiger partial charge in [0.05, 0.1) is 37.5 Å². The summed E-state index contributed by atoms with van der Waals surface area (Å²) in [7, 11) is 1.02. The highest BCUT2D eigenvalue weighted by Gasteiger charge is 2.22. The zero-order valence-corrected chi connectivity index (χ0v) is 22.8. The summed E-state index contributed by atoms with van der Waals surface area (Å²) in [5, 5.41) is 14.0. The topological polar surface area (TPSA) is 135 Å². The zero-order chi connectivity index (χ0) is 27.1. The largest absolute Gasteiger partial charge is 0.497 e. The summed E-state index contributed by atoms with van der Waals surface area (Å²) < 4.78 is 45.9. The van der Waals surface area contributed by atoms with Crippen LogP contribution in [0.4, 0.5) is 17.3 Å². The lowest BCUT2D eigenvalue weighted by Gasteiger charge is -2.20. The number of thiophene rings is 1. The minimum Gasteiger partial charge on any atom is -0.497 e. The summed E-state index contributed by atoms with van der Waals surface area (Å²) in [6, 6.07) is 13.7. The second-order valence-electron chi connectivity index (χ2n) is 8.15. The van der Waals surface area contributed by atoms with E-state index in [2.05, 4.69) is 20.0 Å². The van der Waals surface area contributed by atoms with Crippen LogP contribution in [0, 0.1) is 0 Å². The molecule has 0 fully saturated rings. The van der Waals surface area contributed by atoms with E-state index in [4.69, 9.17) is 19.3 Å². The first-order chi connectivity index (χ1) is 18.3. The maximum Gasteiger partial charge on any atom is 0.272 e. The Labute approximate surface area is 225 Å². The van der Waals surface area contributed by atoms with Crippen LogP contribution < -0.4 is 24.2 Å². The molecule has 4 aromatic rings. The van der Waals surface area contributed by atoms with E-state index < -0.39 is 10.0 Å². The van der Waals surface area contributed by atoms with Gasteiger partial charge in [0.15, 0.2) is 23.1 Å². The first kappa shape index (κ1) is 27.4. The lowest BCUT2D eigenvalue weighted by atomic mass is 10.2. The van der Waals surface area contributed by atoms with Gasteiger partial charge >= 0.3 is 0 Å². The molecular weight excluding hydrogens is 530 g/mol. The van der Waals surface area contributed by atoms with E-state index in [1.807, 2.05) is 18.0 Å². The number of sulfonamides is 1. The van der Waals surface area contributed by atoms with Gasteiger partial charge in [-0.15, -0.1) is 11.3 Å². The number of nitrogens with zero attached hydrogens (tertiary/aromatic N) is 3. The quantitative estimate of drug-likeness (QED) is 0.223. The van der Waals surface area contributed by atoms with E-state index in [0.717, 1.165) is 11.3 Å². The molecule has 2 aromatic heterocycles. The fourth-order valence-corrected chi connectivity index (χ4v) is 5.56. The van der Waals surface area contributed by atoms with Crippen molar-refractivity contribution in [3.05, 3.63) is 53.9 Å². The van der Waals surface area contributed by atoms with Gasteiger partial charge in [-0.3, -0.25) is 4.72 Å². The van der Waals surface area contributed by atoms with Gasteiger partial charge < -0.3 is 29.5 Å². The van der Waals surface area contributed by atoms with Gasteiger partial charge in [0.2, 0.25) is 0 Å². The van der Waals surface area contributed by atoms with Crippen molar-refractivity contribution < 1.29 is 27.7 Å². The number of hydrogen-bond donors (Lipinski definition) is 3. The van der Waals surface area contributed by atoms with Crippen LogP contribution in [-0.4, -0.2) is 76.0 Å². The lowest BCUT2D eigenvalue weighted by Crippen LogP contribution is -2.27. The average Bonchev–Trinajstić information content (AvgIpc) is 3.46. The van der Waals surface area contributed by atoms with E-state index in [-0.39, 0.29) is 22.5 Å². The Bertz CT molecular complexity index is 1480. The number of aromatic nitrogens is 2. The predicted octanol–water partition coefficient (Wildman–Crippen LogP) is 3.56. The fourth-order valence-electron chi connectivity index (χ4n) is 3.55. The van der Waals surface area contributed by atoms with E-state index in [9.17, 15) is 8.42 Å². The van der Waals surface area contributed by atoms with Crippen LogP contribution >= 0.6 is 11.3 Å². The molecule has 0 atom stereocenters. The molecule has 38 heavy (non-hydrogen) atoms. The molecule has 0 saturated heterocycles. The smallest absolute Gasteiger partial charge is 0.272 e. The molecule has 0 saturated carbocycles. The molecule has 13 heteroatoms. The predicted molar refractivity (Wildman–Crippen MR) is 148 cm³/mol. The number of anilines is 3. The van der Waals surface area contributed by atoms with Gasteiger partial charge in [0, 0.05) is 25.2 Å². The number of para-hydroxylation sites is 2. The van der Waals surface area contributed by atoms with Crippen molar-refractivity contribution in [2.24, 2.45) is 0 Å². The third-order valence-corrected chi connectivity index (χ3v) is 8.24. The number of ether oxygens (including phenoxy) is 3. The van der Waals surface area contributed by atoms with Crippen molar-refractivity contribution in [1.82, 2.24) is 14.9 Å². The third kappa shape index (κ3) is 6.42. The normalized spacial score (nSPS) is 11.5. The lowest BCUT2D eigenvalue weighted by molar-refractivity contribution is 0.190. The molecule has 3 N–H and O–H groups in total. The Morgan fingerprint density at radius 1 is 1.00 bits per heavy atom. The molecule has 202 valence electrons. The van der Waals surface area contributed by atoms with Crippen molar-refractivity contribution in [3.8, 4) is 17.2 Å². The van der Waals surface area contributed by atoms with E-state index in [0.29, 0.717) is 53.7 Å². The van der Waals surface area contributed by atoms with Crippen LogP contribution in [0.15, 0.2) is 58.1 Å². The summed E-state index contributed by atoms with van der Waals surface area (Å²) in [6.07, 6.45) is 0. The number of likely N-dealkylation sites (N-methyl/N-ethyl adjacent to an activating group) is 1. The monoisotopic (exact) mass is 559 g/mol. The van der Waals surface area contributed by atoms with E-state index >= 15 is 0 Å². The van der Waals surface area contributed by atoms with E-state index in [1.165, 1.54) is 20.3 Å². The molecular formula is C25H29N5O6S2. The molecule has 0 unspecified atom stereocenters. The first-order valence-electron chi connectivity index (χ1n) is 11.6. The highest BCUT2D eigenvalue weighted by atomic mass is 32.2. The minimum absolute atomic E-state index is 0.0208. The van der Waals surface area contributed by atoms with Gasteiger partial charge in [0.1, 0.15) is 16.6 Å². The summed E-state index contributed by atoms with van der Waals surface area (Å²) in [6.45, 7) is 1.40. The number of rotatable bonds is 13. The number of aliphatic hydroxyl groups is 1. The number of fused-ring (bicyclic) bond motifs is 1. The van der Waals surface area contributed by atoms with Gasteiger partial charge in [-0.05, 0) is 30.6 Å². The van der Waals surface area contributed by atoms with Crippen LogP contribution in [-0.2, 0) is 10.0 Å². The SMILES string of the molecule is COc1cc(Nc2nc3ccccc3nc2NS(=O)(=O)c2cccs2)c(OCCN(C)CCO)c(OC)c1. The molecule has 0 bridgehead atoms. The molecule has 4 rings (SSSR count). The van der Waals surface area contributed by atoms with Crippen LogP contribution in [0.5, 0.6) is 17.2 Å². The van der Waals surface area contributed by atoms with Crippen molar-refractivity contribution in [2.75, 3.05) is 57.6 Å². The maximum atomic E-state index is 13.0. The Morgan fingerprint density at radius 2 is 1.74 bits per heavy atom. The van der Waals surface area contributed by atoms with Gasteiger partial charge in [-0.2, -0.15) is 0 Å². The Kier molecular flexibility index (Phi) is 8.84. The van der Waals surface area contributed by atoms with Crippen molar-refractivity contribution in [3.63, 3.8) is 0 Å². The summed E-state index contributed by atoms with van der Waals surface area (Å²) in [5.74, 6) is 1.47. The molecule has 0 radical (unpaired) electrons. The molecule has 2 heterocycles. The molecule has 0 aliphatic rings. The molecule has 11 nitrogen and oxygen atoms in total. The van der Waals surface area contributed by atoms with Gasteiger partial charge in [0.25, 0.3) is 10.0 Å². The number of benzene rings is 2. The van der Waals surface area contributed by atoms with E-state index in [1.54, 1.807) is 41.8 Å². The first-order valence-corrected chi connectivity index (χ1v) is 14.0. The summed E-state index contributed by atoms with van der Waals surface area (Å²) in [4.78, 5) is 11.1. The fraction of sp³-hybridized carbons (Fsp3) is 0.280. The average molecular weight is 560 g/mol.